The number of carbonyl (C=O) groups excluding carboxylic acids is 1. The van der Waals surface area contributed by atoms with Crippen molar-refractivity contribution in [3.05, 3.63) is 0 Å². The quantitative estimate of drug-likeness (QED) is 0.692. The molecule has 0 N–H and O–H groups in total. The molecule has 2 nitrogen and oxygen atoms in total. The topological polar surface area (TPSA) is 20.3 Å². The summed E-state index contributed by atoms with van der Waals surface area (Å²) in [7, 11) is 0. The summed E-state index contributed by atoms with van der Waals surface area (Å²) < 4.78 is 0. The van der Waals surface area contributed by atoms with Crippen LogP contribution in [0.25, 0.3) is 0 Å². The van der Waals surface area contributed by atoms with E-state index in [4.69, 9.17) is 0 Å². The fraction of sp³-hybridized carbons (Fsp3) is 0.917. The minimum Gasteiger partial charge on any atom is -0.299 e. The van der Waals surface area contributed by atoms with Gasteiger partial charge in [-0.15, -0.1) is 0 Å². The number of rotatable bonds is 3. The van der Waals surface area contributed by atoms with Crippen LogP contribution < -0.4 is 0 Å². The molecule has 0 aromatic rings. The molecule has 0 saturated carbocycles. The Morgan fingerprint density at radius 3 is 2.57 bits per heavy atom. The molecule has 1 atom stereocenters. The van der Waals surface area contributed by atoms with Crippen molar-refractivity contribution < 1.29 is 4.79 Å². The molecule has 0 aromatic carbocycles. The molecule has 1 fully saturated rings. The fourth-order valence-corrected chi connectivity index (χ4v) is 2.40. The fourth-order valence-electron chi connectivity index (χ4n) is 2.40. The Morgan fingerprint density at radius 1 is 1.43 bits per heavy atom. The minimum absolute atomic E-state index is 0.293. The lowest BCUT2D eigenvalue weighted by Gasteiger charge is -2.23. The molecular formula is C12H23NO. The van der Waals surface area contributed by atoms with E-state index in [0.717, 1.165) is 19.0 Å². The van der Waals surface area contributed by atoms with Gasteiger partial charge in [-0.1, -0.05) is 20.8 Å². The van der Waals surface area contributed by atoms with Crippen molar-refractivity contribution >= 4 is 5.78 Å². The van der Waals surface area contributed by atoms with Gasteiger partial charge in [0, 0.05) is 6.54 Å². The van der Waals surface area contributed by atoms with Crippen LogP contribution in [-0.4, -0.2) is 30.3 Å². The first-order chi connectivity index (χ1) is 6.37. The molecule has 1 heterocycles. The van der Waals surface area contributed by atoms with E-state index in [1.54, 1.807) is 6.92 Å². The smallest absolute Gasteiger partial charge is 0.143 e. The van der Waals surface area contributed by atoms with Crippen LogP contribution in [0.1, 0.15) is 40.5 Å². The van der Waals surface area contributed by atoms with E-state index in [1.165, 1.54) is 12.8 Å². The summed E-state index contributed by atoms with van der Waals surface area (Å²) in [4.78, 5) is 13.2. The molecule has 1 aliphatic rings. The summed E-state index contributed by atoms with van der Waals surface area (Å²) in [5.74, 6) is 1.09. The Labute approximate surface area is 87.7 Å². The molecule has 1 rings (SSSR count). The second-order valence-corrected chi connectivity index (χ2v) is 5.86. The van der Waals surface area contributed by atoms with Gasteiger partial charge >= 0.3 is 0 Å². The standard InChI is InChI=1S/C12H23NO/c1-10(14)8-13-6-5-11(9-13)7-12(2,3)4/h11H,5-9H2,1-4H3. The van der Waals surface area contributed by atoms with Gasteiger partial charge in [-0.3, -0.25) is 9.69 Å². The molecule has 0 aromatic heterocycles. The van der Waals surface area contributed by atoms with E-state index in [1.807, 2.05) is 0 Å². The molecular weight excluding hydrogens is 174 g/mol. The Kier molecular flexibility index (Phi) is 3.71. The van der Waals surface area contributed by atoms with Crippen LogP contribution in [-0.2, 0) is 4.79 Å². The molecule has 82 valence electrons. The van der Waals surface area contributed by atoms with Gasteiger partial charge in [0.1, 0.15) is 5.78 Å². The highest BCUT2D eigenvalue weighted by Gasteiger charge is 2.26. The average molecular weight is 197 g/mol. The monoisotopic (exact) mass is 197 g/mol. The van der Waals surface area contributed by atoms with Gasteiger partial charge in [-0.2, -0.15) is 0 Å². The maximum Gasteiger partial charge on any atom is 0.143 e. The predicted octanol–water partition coefficient (Wildman–Crippen LogP) is 2.33. The summed E-state index contributed by atoms with van der Waals surface area (Å²) in [5, 5.41) is 0. The van der Waals surface area contributed by atoms with Crippen molar-refractivity contribution in [1.82, 2.24) is 4.90 Å². The van der Waals surface area contributed by atoms with Gasteiger partial charge in [0.05, 0.1) is 6.54 Å². The SMILES string of the molecule is CC(=O)CN1CCC(CC(C)(C)C)C1. The average Bonchev–Trinajstić information content (AvgIpc) is 2.30. The zero-order valence-corrected chi connectivity index (χ0v) is 9.97. The van der Waals surface area contributed by atoms with Crippen LogP contribution >= 0.6 is 0 Å². The number of Topliss-reactive ketones (excluding diaryl/α,β-unsaturated/α-hetero) is 1. The molecule has 0 bridgehead atoms. The van der Waals surface area contributed by atoms with Crippen molar-refractivity contribution in [2.45, 2.75) is 40.5 Å². The lowest BCUT2D eigenvalue weighted by atomic mass is 9.84. The lowest BCUT2D eigenvalue weighted by Crippen LogP contribution is -2.27. The number of hydrogen-bond donors (Lipinski definition) is 0. The van der Waals surface area contributed by atoms with Crippen LogP contribution in [0.2, 0.25) is 0 Å². The largest absolute Gasteiger partial charge is 0.299 e. The molecule has 0 spiro atoms. The van der Waals surface area contributed by atoms with Crippen LogP contribution in [0.3, 0.4) is 0 Å². The summed E-state index contributed by atoms with van der Waals surface area (Å²) in [6, 6.07) is 0. The van der Waals surface area contributed by atoms with Gasteiger partial charge in [0.15, 0.2) is 0 Å². The molecule has 14 heavy (non-hydrogen) atoms. The second kappa shape index (κ2) is 4.43. The molecule has 0 radical (unpaired) electrons. The van der Waals surface area contributed by atoms with Crippen LogP contribution in [0.4, 0.5) is 0 Å². The first kappa shape index (κ1) is 11.7. The number of hydrogen-bond acceptors (Lipinski definition) is 2. The summed E-state index contributed by atoms with van der Waals surface area (Å²) in [6.07, 6.45) is 2.55. The molecule has 1 aliphatic heterocycles. The zero-order chi connectivity index (χ0) is 10.8. The number of nitrogens with zero attached hydrogens (tertiary/aromatic N) is 1. The predicted molar refractivity (Wildman–Crippen MR) is 59.3 cm³/mol. The normalized spacial score (nSPS) is 24.1. The van der Waals surface area contributed by atoms with Crippen molar-refractivity contribution in [2.75, 3.05) is 19.6 Å². The van der Waals surface area contributed by atoms with E-state index in [2.05, 4.69) is 25.7 Å². The molecule has 0 amide bonds. The highest BCUT2D eigenvalue weighted by molar-refractivity contribution is 5.77. The first-order valence-electron chi connectivity index (χ1n) is 5.58. The van der Waals surface area contributed by atoms with Crippen molar-refractivity contribution in [3.63, 3.8) is 0 Å². The van der Waals surface area contributed by atoms with Gasteiger partial charge in [-0.05, 0) is 37.6 Å². The van der Waals surface area contributed by atoms with Crippen molar-refractivity contribution in [3.8, 4) is 0 Å². The maximum absolute atomic E-state index is 10.9. The maximum atomic E-state index is 10.9. The van der Waals surface area contributed by atoms with Gasteiger partial charge in [0.2, 0.25) is 0 Å². The number of likely N-dealkylation sites (tertiary alicyclic amines) is 1. The summed E-state index contributed by atoms with van der Waals surface area (Å²) >= 11 is 0. The molecule has 1 unspecified atom stereocenters. The van der Waals surface area contributed by atoms with E-state index >= 15 is 0 Å². The van der Waals surface area contributed by atoms with Gasteiger partial charge in [0.25, 0.3) is 0 Å². The van der Waals surface area contributed by atoms with Gasteiger partial charge < -0.3 is 0 Å². The Morgan fingerprint density at radius 2 is 2.07 bits per heavy atom. The van der Waals surface area contributed by atoms with Crippen LogP contribution in [0, 0.1) is 11.3 Å². The third-order valence-electron chi connectivity index (χ3n) is 2.72. The Balaban J connectivity index is 2.31. The summed E-state index contributed by atoms with van der Waals surface area (Å²) in [6.45, 7) is 11.4. The third kappa shape index (κ3) is 4.23. The van der Waals surface area contributed by atoms with Crippen LogP contribution in [0.15, 0.2) is 0 Å². The number of carbonyl (C=O) groups is 1. The highest BCUT2D eigenvalue weighted by Crippen LogP contribution is 2.30. The zero-order valence-electron chi connectivity index (χ0n) is 9.97. The first-order valence-corrected chi connectivity index (χ1v) is 5.58. The lowest BCUT2D eigenvalue weighted by molar-refractivity contribution is -0.117. The van der Waals surface area contributed by atoms with E-state index < -0.39 is 0 Å². The molecule has 0 aliphatic carbocycles. The summed E-state index contributed by atoms with van der Waals surface area (Å²) in [5.41, 5.74) is 0.427. The van der Waals surface area contributed by atoms with E-state index in [9.17, 15) is 4.79 Å². The Hall–Kier alpha value is -0.370. The highest BCUT2D eigenvalue weighted by atomic mass is 16.1. The van der Waals surface area contributed by atoms with E-state index in [0.29, 0.717) is 17.7 Å². The van der Waals surface area contributed by atoms with Crippen LogP contribution in [0.5, 0.6) is 0 Å². The second-order valence-electron chi connectivity index (χ2n) is 5.86. The van der Waals surface area contributed by atoms with E-state index in [-0.39, 0.29) is 0 Å². The third-order valence-corrected chi connectivity index (χ3v) is 2.72. The van der Waals surface area contributed by atoms with Crippen molar-refractivity contribution in [1.29, 1.82) is 0 Å². The number of ketones is 1. The van der Waals surface area contributed by atoms with Crippen molar-refractivity contribution in [2.24, 2.45) is 11.3 Å². The van der Waals surface area contributed by atoms with Gasteiger partial charge in [-0.25, -0.2) is 0 Å². The minimum atomic E-state index is 0.293. The Bertz CT molecular complexity index is 205. The molecule has 2 heteroatoms. The molecule has 1 saturated heterocycles.